The Bertz CT molecular complexity index is 755. The Morgan fingerprint density at radius 3 is 2.52 bits per heavy atom. The summed E-state index contributed by atoms with van der Waals surface area (Å²) >= 11 is 0. The van der Waals surface area contributed by atoms with Crippen LogP contribution in [0, 0.1) is 12.8 Å². The van der Waals surface area contributed by atoms with Crippen LogP contribution in [-0.4, -0.2) is 29.9 Å². The largest absolute Gasteiger partial charge is 0.326 e. The van der Waals surface area contributed by atoms with E-state index in [1.165, 1.54) is 0 Å². The lowest BCUT2D eigenvalue weighted by Crippen LogP contribution is -2.34. The summed E-state index contributed by atoms with van der Waals surface area (Å²) in [6.45, 7) is 3.67. The van der Waals surface area contributed by atoms with Gasteiger partial charge in [-0.1, -0.05) is 6.07 Å². The third-order valence-corrected chi connectivity index (χ3v) is 4.41. The van der Waals surface area contributed by atoms with Gasteiger partial charge in [-0.05, 0) is 62.7 Å². The van der Waals surface area contributed by atoms with Gasteiger partial charge < -0.3 is 16.0 Å². The van der Waals surface area contributed by atoms with Crippen LogP contribution in [0.1, 0.15) is 28.8 Å². The van der Waals surface area contributed by atoms with Crippen molar-refractivity contribution in [2.45, 2.75) is 19.8 Å². The molecule has 3 rings (SSSR count). The minimum Gasteiger partial charge on any atom is -0.326 e. The summed E-state index contributed by atoms with van der Waals surface area (Å²) < 4.78 is 0. The average Bonchev–Trinajstić information content (AvgIpc) is 2.66. The molecule has 0 saturated carbocycles. The molecule has 3 N–H and O–H groups in total. The highest BCUT2D eigenvalue weighted by Gasteiger charge is 2.21. The number of hydrogen-bond donors (Lipinski definition) is 3. The molecule has 0 radical (unpaired) electrons. The minimum atomic E-state index is -0.202. The lowest BCUT2D eigenvalue weighted by molar-refractivity contribution is -0.120. The predicted molar refractivity (Wildman–Crippen MR) is 97.6 cm³/mol. The predicted octanol–water partition coefficient (Wildman–Crippen LogP) is 2.58. The summed E-state index contributed by atoms with van der Waals surface area (Å²) in [5.74, 6) is -0.124. The Hall–Kier alpha value is -2.73. The van der Waals surface area contributed by atoms with Gasteiger partial charge in [0.15, 0.2) is 0 Å². The number of amides is 2. The highest BCUT2D eigenvalue weighted by Crippen LogP contribution is 2.22. The maximum Gasteiger partial charge on any atom is 0.255 e. The van der Waals surface area contributed by atoms with E-state index in [4.69, 9.17) is 0 Å². The summed E-state index contributed by atoms with van der Waals surface area (Å²) in [6.07, 6.45) is 4.86. The van der Waals surface area contributed by atoms with Crippen LogP contribution >= 0.6 is 0 Å². The van der Waals surface area contributed by atoms with Crippen molar-refractivity contribution in [1.82, 2.24) is 10.3 Å². The number of rotatable bonds is 4. The van der Waals surface area contributed by atoms with E-state index in [1.807, 2.05) is 19.1 Å². The molecular formula is C19H22N4O2. The number of pyridine rings is 1. The molecule has 2 aromatic rings. The molecular weight excluding hydrogens is 316 g/mol. The van der Waals surface area contributed by atoms with Gasteiger partial charge in [-0.2, -0.15) is 0 Å². The van der Waals surface area contributed by atoms with Crippen LogP contribution in [0.4, 0.5) is 11.4 Å². The highest BCUT2D eigenvalue weighted by molar-refractivity contribution is 6.05. The van der Waals surface area contributed by atoms with E-state index >= 15 is 0 Å². The molecule has 0 spiro atoms. The van der Waals surface area contributed by atoms with E-state index in [9.17, 15) is 9.59 Å². The molecule has 0 bridgehead atoms. The van der Waals surface area contributed by atoms with Crippen molar-refractivity contribution in [3.05, 3.63) is 53.9 Å². The fourth-order valence-corrected chi connectivity index (χ4v) is 2.86. The van der Waals surface area contributed by atoms with Gasteiger partial charge in [0.1, 0.15) is 0 Å². The third-order valence-electron chi connectivity index (χ3n) is 4.41. The molecule has 1 aromatic heterocycles. The molecule has 25 heavy (non-hydrogen) atoms. The first-order chi connectivity index (χ1) is 12.1. The Kier molecular flexibility index (Phi) is 5.40. The minimum absolute atomic E-state index is 0.0387. The number of carbonyl (C=O) groups is 2. The fourth-order valence-electron chi connectivity index (χ4n) is 2.86. The van der Waals surface area contributed by atoms with Crippen LogP contribution < -0.4 is 16.0 Å². The summed E-state index contributed by atoms with van der Waals surface area (Å²) in [5, 5.41) is 9.11. The Balaban J connectivity index is 1.69. The molecule has 2 heterocycles. The van der Waals surface area contributed by atoms with Gasteiger partial charge in [0, 0.05) is 35.2 Å². The van der Waals surface area contributed by atoms with Crippen LogP contribution in [0.3, 0.4) is 0 Å². The van der Waals surface area contributed by atoms with Crippen LogP contribution in [-0.2, 0) is 4.79 Å². The molecule has 1 fully saturated rings. The molecule has 2 amide bonds. The first-order valence-corrected chi connectivity index (χ1v) is 8.47. The summed E-state index contributed by atoms with van der Waals surface area (Å²) in [7, 11) is 0. The Morgan fingerprint density at radius 2 is 1.80 bits per heavy atom. The van der Waals surface area contributed by atoms with Gasteiger partial charge in [-0.15, -0.1) is 0 Å². The van der Waals surface area contributed by atoms with Crippen LogP contribution in [0.5, 0.6) is 0 Å². The number of anilines is 2. The first kappa shape index (κ1) is 17.1. The lowest BCUT2D eigenvalue weighted by atomic mass is 9.97. The van der Waals surface area contributed by atoms with Gasteiger partial charge in [-0.25, -0.2) is 0 Å². The van der Waals surface area contributed by atoms with Crippen molar-refractivity contribution in [3.63, 3.8) is 0 Å². The standard InChI is InChI=1S/C19H22N4O2/c1-13-2-3-16(22-18(24)14-4-8-20-9-5-14)12-17(13)23-19(25)15-6-10-21-11-7-15/h2-3,6-7,10-12,14,20H,4-5,8-9H2,1H3,(H,22,24)(H,23,25). The van der Waals surface area contributed by atoms with Gasteiger partial charge >= 0.3 is 0 Å². The maximum atomic E-state index is 12.4. The average molecular weight is 338 g/mol. The Labute approximate surface area is 147 Å². The van der Waals surface area contributed by atoms with E-state index in [1.54, 1.807) is 30.6 Å². The summed E-state index contributed by atoms with van der Waals surface area (Å²) in [4.78, 5) is 28.6. The normalized spacial score (nSPS) is 14.8. The molecule has 130 valence electrons. The number of nitrogens with zero attached hydrogens (tertiary/aromatic N) is 1. The zero-order chi connectivity index (χ0) is 17.6. The lowest BCUT2D eigenvalue weighted by Gasteiger charge is -2.22. The van der Waals surface area contributed by atoms with Gasteiger partial charge in [0.2, 0.25) is 5.91 Å². The van der Waals surface area contributed by atoms with E-state index in [0.717, 1.165) is 31.5 Å². The van der Waals surface area contributed by atoms with Crippen LogP contribution in [0.15, 0.2) is 42.7 Å². The number of benzene rings is 1. The zero-order valence-electron chi connectivity index (χ0n) is 14.2. The molecule has 1 aromatic carbocycles. The van der Waals surface area contributed by atoms with Crippen molar-refractivity contribution in [3.8, 4) is 0 Å². The first-order valence-electron chi connectivity index (χ1n) is 8.47. The number of aromatic nitrogens is 1. The fraction of sp³-hybridized carbons (Fsp3) is 0.316. The van der Waals surface area contributed by atoms with E-state index in [2.05, 4.69) is 20.9 Å². The molecule has 1 saturated heterocycles. The number of hydrogen-bond acceptors (Lipinski definition) is 4. The molecule has 0 aliphatic carbocycles. The van der Waals surface area contributed by atoms with Gasteiger partial charge in [0.25, 0.3) is 5.91 Å². The number of carbonyl (C=O) groups excluding carboxylic acids is 2. The maximum absolute atomic E-state index is 12.4. The molecule has 6 nitrogen and oxygen atoms in total. The van der Waals surface area contributed by atoms with Crippen LogP contribution in [0.25, 0.3) is 0 Å². The number of piperidine rings is 1. The summed E-state index contributed by atoms with van der Waals surface area (Å²) in [6, 6.07) is 8.87. The topological polar surface area (TPSA) is 83.1 Å². The van der Waals surface area contributed by atoms with Gasteiger partial charge in [-0.3, -0.25) is 14.6 Å². The summed E-state index contributed by atoms with van der Waals surface area (Å²) in [5.41, 5.74) is 2.85. The zero-order valence-corrected chi connectivity index (χ0v) is 14.2. The van der Waals surface area contributed by atoms with Crippen LogP contribution in [0.2, 0.25) is 0 Å². The smallest absolute Gasteiger partial charge is 0.255 e. The Morgan fingerprint density at radius 1 is 1.08 bits per heavy atom. The van der Waals surface area contributed by atoms with Crippen molar-refractivity contribution in [2.24, 2.45) is 5.92 Å². The van der Waals surface area contributed by atoms with Crippen molar-refractivity contribution < 1.29 is 9.59 Å². The van der Waals surface area contributed by atoms with Crippen molar-refractivity contribution >= 4 is 23.2 Å². The molecule has 1 aliphatic rings. The second-order valence-corrected chi connectivity index (χ2v) is 6.23. The number of aryl methyl sites for hydroxylation is 1. The quantitative estimate of drug-likeness (QED) is 0.800. The third kappa shape index (κ3) is 4.42. The van der Waals surface area contributed by atoms with E-state index < -0.39 is 0 Å². The second kappa shape index (κ2) is 7.90. The SMILES string of the molecule is Cc1ccc(NC(=O)C2CCNCC2)cc1NC(=O)c1ccncc1. The molecule has 0 unspecified atom stereocenters. The van der Waals surface area contributed by atoms with E-state index in [0.29, 0.717) is 16.9 Å². The highest BCUT2D eigenvalue weighted by atomic mass is 16.2. The van der Waals surface area contributed by atoms with Crippen molar-refractivity contribution in [1.29, 1.82) is 0 Å². The second-order valence-electron chi connectivity index (χ2n) is 6.23. The molecule has 0 atom stereocenters. The van der Waals surface area contributed by atoms with Gasteiger partial charge in [0.05, 0.1) is 0 Å². The molecule has 6 heteroatoms. The van der Waals surface area contributed by atoms with E-state index in [-0.39, 0.29) is 17.7 Å². The monoisotopic (exact) mass is 338 g/mol. The van der Waals surface area contributed by atoms with Crippen molar-refractivity contribution in [2.75, 3.05) is 23.7 Å². The molecule has 1 aliphatic heterocycles. The number of nitrogens with one attached hydrogen (secondary N) is 3.